The molecule has 0 bridgehead atoms. The Morgan fingerprint density at radius 3 is 2.50 bits per heavy atom. The van der Waals surface area contributed by atoms with Gasteiger partial charge in [0.1, 0.15) is 5.69 Å². The summed E-state index contributed by atoms with van der Waals surface area (Å²) in [7, 11) is 1.82. The number of benzene rings is 2. The number of aromatic nitrogens is 1. The molecule has 1 heterocycles. The van der Waals surface area contributed by atoms with Crippen molar-refractivity contribution in [1.82, 2.24) is 9.88 Å². The van der Waals surface area contributed by atoms with Gasteiger partial charge in [0.2, 0.25) is 0 Å². The van der Waals surface area contributed by atoms with Crippen molar-refractivity contribution in [3.05, 3.63) is 71.9 Å². The Balaban J connectivity index is 1.81. The van der Waals surface area contributed by atoms with E-state index in [9.17, 15) is 4.79 Å². The monoisotopic (exact) mass is 264 g/mol. The average Bonchev–Trinajstić information content (AvgIpc) is 2.91. The third-order valence-electron chi connectivity index (χ3n) is 3.37. The molecule has 0 atom stereocenters. The molecule has 0 aliphatic rings. The van der Waals surface area contributed by atoms with Gasteiger partial charge in [0.05, 0.1) is 0 Å². The van der Waals surface area contributed by atoms with Gasteiger partial charge in [-0.1, -0.05) is 48.5 Å². The summed E-state index contributed by atoms with van der Waals surface area (Å²) in [5, 5.41) is 1.06. The summed E-state index contributed by atoms with van der Waals surface area (Å²) >= 11 is 0. The number of aromatic amines is 1. The zero-order chi connectivity index (χ0) is 13.9. The molecule has 1 aromatic heterocycles. The summed E-state index contributed by atoms with van der Waals surface area (Å²) in [5.41, 5.74) is 2.74. The number of carbonyl (C=O) groups excluding carboxylic acids is 1. The quantitative estimate of drug-likeness (QED) is 0.773. The Kier molecular flexibility index (Phi) is 3.25. The lowest BCUT2D eigenvalue weighted by Gasteiger charge is -2.16. The molecule has 1 N–H and O–H groups in total. The van der Waals surface area contributed by atoms with Gasteiger partial charge < -0.3 is 9.88 Å². The predicted octanol–water partition coefficient (Wildman–Crippen LogP) is 3.44. The van der Waals surface area contributed by atoms with Crippen LogP contribution in [0.3, 0.4) is 0 Å². The Labute approximate surface area is 117 Å². The smallest absolute Gasteiger partial charge is 0.270 e. The number of nitrogens with zero attached hydrogens (tertiary/aromatic N) is 1. The van der Waals surface area contributed by atoms with Gasteiger partial charge in [-0.15, -0.1) is 0 Å². The molecule has 0 saturated heterocycles. The van der Waals surface area contributed by atoms with E-state index >= 15 is 0 Å². The van der Waals surface area contributed by atoms with Crippen LogP contribution in [-0.2, 0) is 6.54 Å². The van der Waals surface area contributed by atoms with E-state index in [-0.39, 0.29) is 5.91 Å². The molecule has 0 radical (unpaired) electrons. The molecule has 20 heavy (non-hydrogen) atoms. The summed E-state index contributed by atoms with van der Waals surface area (Å²) in [6, 6.07) is 19.8. The molecule has 3 nitrogen and oxygen atoms in total. The molecule has 3 heteroatoms. The van der Waals surface area contributed by atoms with E-state index in [0.717, 1.165) is 16.5 Å². The van der Waals surface area contributed by atoms with Crippen LogP contribution in [-0.4, -0.2) is 22.8 Å². The fraction of sp³-hybridized carbons (Fsp3) is 0.118. The molecule has 1 amide bonds. The van der Waals surface area contributed by atoms with E-state index in [0.29, 0.717) is 12.2 Å². The van der Waals surface area contributed by atoms with E-state index < -0.39 is 0 Å². The third kappa shape index (κ3) is 2.43. The minimum Gasteiger partial charge on any atom is -0.351 e. The molecule has 3 rings (SSSR count). The van der Waals surface area contributed by atoms with Crippen LogP contribution in [0.4, 0.5) is 0 Å². The highest BCUT2D eigenvalue weighted by atomic mass is 16.2. The van der Waals surface area contributed by atoms with Gasteiger partial charge in [-0.2, -0.15) is 0 Å². The highest BCUT2D eigenvalue weighted by Gasteiger charge is 2.14. The van der Waals surface area contributed by atoms with E-state index in [4.69, 9.17) is 0 Å². The van der Waals surface area contributed by atoms with Gasteiger partial charge in [-0.05, 0) is 17.7 Å². The molecule has 0 fully saturated rings. The van der Waals surface area contributed by atoms with Crippen molar-refractivity contribution in [2.45, 2.75) is 6.54 Å². The minimum absolute atomic E-state index is 0.00468. The normalized spacial score (nSPS) is 10.7. The average molecular weight is 264 g/mol. The molecule has 0 aliphatic heterocycles. The van der Waals surface area contributed by atoms with E-state index in [1.54, 1.807) is 4.90 Å². The number of para-hydroxylation sites is 1. The first-order valence-corrected chi connectivity index (χ1v) is 6.61. The summed E-state index contributed by atoms with van der Waals surface area (Å²) in [6.07, 6.45) is 0. The van der Waals surface area contributed by atoms with Crippen molar-refractivity contribution >= 4 is 16.8 Å². The summed E-state index contributed by atoms with van der Waals surface area (Å²) in [5.74, 6) is 0.00468. The second-order valence-electron chi connectivity index (χ2n) is 4.92. The van der Waals surface area contributed by atoms with Crippen LogP contribution in [0.1, 0.15) is 16.1 Å². The second-order valence-corrected chi connectivity index (χ2v) is 4.92. The maximum atomic E-state index is 12.4. The van der Waals surface area contributed by atoms with Gasteiger partial charge in [0, 0.05) is 24.5 Å². The van der Waals surface area contributed by atoms with Crippen LogP contribution in [0, 0.1) is 0 Å². The lowest BCUT2D eigenvalue weighted by molar-refractivity contribution is 0.0780. The zero-order valence-electron chi connectivity index (χ0n) is 11.3. The first kappa shape index (κ1) is 12.5. The Morgan fingerprint density at radius 1 is 1.05 bits per heavy atom. The van der Waals surface area contributed by atoms with E-state index in [1.165, 1.54) is 0 Å². The zero-order valence-corrected chi connectivity index (χ0v) is 11.3. The number of rotatable bonds is 3. The first-order chi connectivity index (χ1) is 9.74. The SMILES string of the molecule is CN(Cc1ccccc1)C(=O)c1cc2ccccc2[nH]1. The van der Waals surface area contributed by atoms with E-state index in [1.807, 2.05) is 67.7 Å². The number of amides is 1. The van der Waals surface area contributed by atoms with Gasteiger partial charge in [-0.25, -0.2) is 0 Å². The largest absolute Gasteiger partial charge is 0.351 e. The minimum atomic E-state index is 0.00468. The van der Waals surface area contributed by atoms with Crippen LogP contribution >= 0.6 is 0 Å². The van der Waals surface area contributed by atoms with Crippen LogP contribution < -0.4 is 0 Å². The number of hydrogen-bond donors (Lipinski definition) is 1. The Morgan fingerprint density at radius 2 is 1.75 bits per heavy atom. The van der Waals surface area contributed by atoms with Gasteiger partial charge in [-0.3, -0.25) is 4.79 Å². The van der Waals surface area contributed by atoms with Crippen LogP contribution in [0.5, 0.6) is 0 Å². The molecular formula is C17H16N2O. The summed E-state index contributed by atoms with van der Waals surface area (Å²) in [6.45, 7) is 0.606. The Hall–Kier alpha value is -2.55. The fourth-order valence-corrected chi connectivity index (χ4v) is 2.32. The van der Waals surface area contributed by atoms with Crippen molar-refractivity contribution in [3.63, 3.8) is 0 Å². The van der Waals surface area contributed by atoms with Crippen molar-refractivity contribution in [1.29, 1.82) is 0 Å². The highest BCUT2D eigenvalue weighted by Crippen LogP contribution is 2.16. The molecule has 0 saturated carbocycles. The Bertz CT molecular complexity index is 698. The maximum absolute atomic E-state index is 12.4. The van der Waals surface area contributed by atoms with Gasteiger partial charge >= 0.3 is 0 Å². The molecule has 0 spiro atoms. The van der Waals surface area contributed by atoms with Crippen LogP contribution in [0.15, 0.2) is 60.7 Å². The highest BCUT2D eigenvalue weighted by molar-refractivity contribution is 5.97. The van der Waals surface area contributed by atoms with Crippen molar-refractivity contribution < 1.29 is 4.79 Å². The molecule has 100 valence electrons. The number of carbonyl (C=O) groups is 1. The number of fused-ring (bicyclic) bond motifs is 1. The maximum Gasteiger partial charge on any atom is 0.270 e. The lowest BCUT2D eigenvalue weighted by atomic mass is 10.2. The van der Waals surface area contributed by atoms with Crippen molar-refractivity contribution in [2.24, 2.45) is 0 Å². The molecule has 3 aromatic rings. The molecule has 2 aromatic carbocycles. The van der Waals surface area contributed by atoms with Gasteiger partial charge in [0.25, 0.3) is 5.91 Å². The number of H-pyrrole nitrogens is 1. The lowest BCUT2D eigenvalue weighted by Crippen LogP contribution is -2.26. The second kappa shape index (κ2) is 5.21. The number of nitrogens with one attached hydrogen (secondary N) is 1. The standard InChI is InChI=1S/C17H16N2O/c1-19(12-13-7-3-2-4-8-13)17(20)16-11-14-9-5-6-10-15(14)18-16/h2-11,18H,12H2,1H3. The molecular weight excluding hydrogens is 248 g/mol. The third-order valence-corrected chi connectivity index (χ3v) is 3.37. The van der Waals surface area contributed by atoms with Gasteiger partial charge in [0.15, 0.2) is 0 Å². The predicted molar refractivity (Wildman–Crippen MR) is 80.5 cm³/mol. The topological polar surface area (TPSA) is 36.1 Å². The fourth-order valence-electron chi connectivity index (χ4n) is 2.32. The van der Waals surface area contributed by atoms with E-state index in [2.05, 4.69) is 4.98 Å². The van der Waals surface area contributed by atoms with Crippen LogP contribution in [0.2, 0.25) is 0 Å². The first-order valence-electron chi connectivity index (χ1n) is 6.61. The van der Waals surface area contributed by atoms with Crippen molar-refractivity contribution in [3.8, 4) is 0 Å². The number of hydrogen-bond acceptors (Lipinski definition) is 1. The summed E-state index contributed by atoms with van der Waals surface area (Å²) in [4.78, 5) is 17.3. The van der Waals surface area contributed by atoms with Crippen molar-refractivity contribution in [2.75, 3.05) is 7.05 Å². The molecule has 0 unspecified atom stereocenters. The summed E-state index contributed by atoms with van der Waals surface area (Å²) < 4.78 is 0. The molecule has 0 aliphatic carbocycles. The van der Waals surface area contributed by atoms with Crippen LogP contribution in [0.25, 0.3) is 10.9 Å².